The van der Waals surface area contributed by atoms with Crippen LogP contribution in [0.4, 0.5) is 0 Å². The lowest BCUT2D eigenvalue weighted by molar-refractivity contribution is -0.114. The van der Waals surface area contributed by atoms with Crippen LogP contribution in [0, 0.1) is 0 Å². The van der Waals surface area contributed by atoms with E-state index in [1.165, 1.54) is 5.01 Å². The topological polar surface area (TPSA) is 75.8 Å². The van der Waals surface area contributed by atoms with Gasteiger partial charge in [-0.15, -0.1) is 0 Å². The molecule has 3 rings (SSSR count). The second-order valence-corrected chi connectivity index (χ2v) is 5.06. The summed E-state index contributed by atoms with van der Waals surface area (Å²) in [5, 5.41) is 5.83. The average Bonchev–Trinajstić information content (AvgIpc) is 2.83. The van der Waals surface area contributed by atoms with Crippen molar-refractivity contribution in [2.24, 2.45) is 15.1 Å². The molecule has 0 radical (unpaired) electrons. The van der Waals surface area contributed by atoms with Crippen molar-refractivity contribution in [3.63, 3.8) is 0 Å². The normalized spacial score (nSPS) is 18.4. The van der Waals surface area contributed by atoms with Crippen molar-refractivity contribution < 1.29 is 14.3 Å². The number of carbonyl (C=O) groups is 1. The quantitative estimate of drug-likeness (QED) is 0.801. The molecule has 0 N–H and O–H groups in total. The maximum atomic E-state index is 12.1. The van der Waals surface area contributed by atoms with Crippen molar-refractivity contribution >= 4 is 29.4 Å². The van der Waals surface area contributed by atoms with Crippen molar-refractivity contribution in [2.45, 2.75) is 13.8 Å². The number of hydrogen-bond acceptors (Lipinski definition) is 6. The van der Waals surface area contributed by atoms with Crippen LogP contribution in [0.25, 0.3) is 6.08 Å². The molecule has 0 saturated carbocycles. The van der Waals surface area contributed by atoms with Crippen LogP contribution in [-0.4, -0.2) is 42.5 Å². The molecular formula is C16H16N4O3. The Morgan fingerprint density at radius 2 is 1.78 bits per heavy atom. The molecule has 0 aromatic heterocycles. The number of carbonyl (C=O) groups excluding carboxylic acids is 1. The lowest BCUT2D eigenvalue weighted by atomic mass is 10.1. The highest BCUT2D eigenvalue weighted by Crippen LogP contribution is 2.30. The lowest BCUT2D eigenvalue weighted by Gasteiger charge is -2.18. The third kappa shape index (κ3) is 2.61. The predicted octanol–water partition coefficient (Wildman–Crippen LogP) is 2.09. The molecule has 2 aliphatic heterocycles. The van der Waals surface area contributed by atoms with Gasteiger partial charge in [0.1, 0.15) is 5.70 Å². The first-order valence-corrected chi connectivity index (χ1v) is 7.01. The van der Waals surface area contributed by atoms with Gasteiger partial charge in [0, 0.05) is 0 Å². The fourth-order valence-corrected chi connectivity index (χ4v) is 2.24. The monoisotopic (exact) mass is 312 g/mol. The van der Waals surface area contributed by atoms with Crippen LogP contribution in [-0.2, 0) is 4.79 Å². The van der Waals surface area contributed by atoms with Crippen LogP contribution < -0.4 is 9.47 Å². The number of rotatable bonds is 3. The third-order valence-electron chi connectivity index (χ3n) is 3.59. The molecule has 118 valence electrons. The summed E-state index contributed by atoms with van der Waals surface area (Å²) in [6.07, 6.45) is 1.70. The zero-order valence-electron chi connectivity index (χ0n) is 13.3. The Morgan fingerprint density at radius 1 is 1.04 bits per heavy atom. The number of hydrogen-bond donors (Lipinski definition) is 0. The van der Waals surface area contributed by atoms with E-state index in [1.54, 1.807) is 32.4 Å². The van der Waals surface area contributed by atoms with E-state index in [0.29, 0.717) is 23.2 Å². The van der Waals surface area contributed by atoms with E-state index in [9.17, 15) is 4.79 Å². The van der Waals surface area contributed by atoms with Crippen LogP contribution in [0.1, 0.15) is 19.4 Å². The predicted molar refractivity (Wildman–Crippen MR) is 88.0 cm³/mol. The van der Waals surface area contributed by atoms with Crippen molar-refractivity contribution in [1.29, 1.82) is 0 Å². The minimum Gasteiger partial charge on any atom is -0.493 e. The molecule has 1 aromatic rings. The SMILES string of the molecule is COc1ccc(C=C2C(=O)N=C3N=C(C)C(C)=NN23)cc1OC. The largest absolute Gasteiger partial charge is 0.493 e. The lowest BCUT2D eigenvalue weighted by Crippen LogP contribution is -2.28. The minimum absolute atomic E-state index is 0.296. The second-order valence-electron chi connectivity index (χ2n) is 5.06. The molecule has 0 fully saturated rings. The van der Waals surface area contributed by atoms with E-state index in [4.69, 9.17) is 9.47 Å². The number of amides is 1. The van der Waals surface area contributed by atoms with E-state index in [0.717, 1.165) is 17.0 Å². The average molecular weight is 312 g/mol. The molecule has 23 heavy (non-hydrogen) atoms. The molecular weight excluding hydrogens is 296 g/mol. The van der Waals surface area contributed by atoms with Crippen LogP contribution in [0.5, 0.6) is 11.5 Å². The van der Waals surface area contributed by atoms with E-state index in [-0.39, 0.29) is 5.91 Å². The highest BCUT2D eigenvalue weighted by atomic mass is 16.5. The first kappa shape index (κ1) is 15.0. The smallest absolute Gasteiger partial charge is 0.299 e. The minimum atomic E-state index is -0.371. The first-order chi connectivity index (χ1) is 11.0. The van der Waals surface area contributed by atoms with Crippen molar-refractivity contribution in [2.75, 3.05) is 14.2 Å². The van der Waals surface area contributed by atoms with Gasteiger partial charge >= 0.3 is 0 Å². The van der Waals surface area contributed by atoms with Gasteiger partial charge in [0.15, 0.2) is 11.5 Å². The summed E-state index contributed by atoms with van der Waals surface area (Å²) in [6, 6.07) is 5.39. The zero-order valence-corrected chi connectivity index (χ0v) is 13.3. The standard InChI is InChI=1S/C16H16N4O3/c1-9-10(2)19-20-12(15(21)18-16(20)17-9)7-11-5-6-13(22-3)14(8-11)23-4/h5-8H,1-4H3. The molecule has 0 bridgehead atoms. The van der Waals surface area contributed by atoms with Crippen LogP contribution in [0.2, 0.25) is 0 Å². The van der Waals surface area contributed by atoms with Crippen molar-refractivity contribution in [1.82, 2.24) is 5.01 Å². The number of guanidine groups is 1. The number of aliphatic imine (C=N–C) groups is 2. The molecule has 7 heteroatoms. The van der Waals surface area contributed by atoms with Crippen LogP contribution in [0.15, 0.2) is 39.0 Å². The Kier molecular flexibility index (Phi) is 3.69. The Labute approximate surface area is 133 Å². The van der Waals surface area contributed by atoms with Gasteiger partial charge in [-0.1, -0.05) is 6.07 Å². The molecule has 7 nitrogen and oxygen atoms in total. The number of ether oxygens (including phenoxy) is 2. The summed E-state index contributed by atoms with van der Waals surface area (Å²) in [5.41, 5.74) is 2.63. The van der Waals surface area contributed by atoms with Crippen molar-refractivity contribution in [3.05, 3.63) is 29.5 Å². The van der Waals surface area contributed by atoms with Gasteiger partial charge in [0.05, 0.1) is 25.6 Å². The summed E-state index contributed by atoms with van der Waals surface area (Å²) in [6.45, 7) is 3.67. The summed E-state index contributed by atoms with van der Waals surface area (Å²) in [5.74, 6) is 1.13. The van der Waals surface area contributed by atoms with E-state index >= 15 is 0 Å². The van der Waals surface area contributed by atoms with Crippen LogP contribution in [0.3, 0.4) is 0 Å². The highest BCUT2D eigenvalue weighted by molar-refractivity contribution is 6.43. The van der Waals surface area contributed by atoms with Gasteiger partial charge in [-0.3, -0.25) is 4.79 Å². The van der Waals surface area contributed by atoms with E-state index in [2.05, 4.69) is 15.1 Å². The van der Waals surface area contributed by atoms with Gasteiger partial charge in [0.25, 0.3) is 11.9 Å². The maximum Gasteiger partial charge on any atom is 0.299 e. The second kappa shape index (κ2) is 5.68. The Hall–Kier alpha value is -2.96. The summed E-state index contributed by atoms with van der Waals surface area (Å²) in [7, 11) is 3.13. The molecule has 0 aliphatic carbocycles. The van der Waals surface area contributed by atoms with E-state index < -0.39 is 0 Å². The van der Waals surface area contributed by atoms with Gasteiger partial charge in [0.2, 0.25) is 0 Å². The zero-order chi connectivity index (χ0) is 16.6. The van der Waals surface area contributed by atoms with Gasteiger partial charge in [-0.2, -0.15) is 15.1 Å². The highest BCUT2D eigenvalue weighted by Gasteiger charge is 2.32. The first-order valence-electron chi connectivity index (χ1n) is 7.01. The number of methoxy groups -OCH3 is 2. The molecule has 0 atom stereocenters. The number of benzene rings is 1. The Bertz CT molecular complexity index is 806. The number of hydrazone groups is 1. The summed E-state index contributed by atoms with van der Waals surface area (Å²) < 4.78 is 10.5. The number of nitrogens with zero attached hydrogens (tertiary/aromatic N) is 4. The van der Waals surface area contributed by atoms with Crippen molar-refractivity contribution in [3.8, 4) is 11.5 Å². The summed E-state index contributed by atoms with van der Waals surface area (Å²) >= 11 is 0. The van der Waals surface area contributed by atoms with Gasteiger partial charge in [-0.25, -0.2) is 4.99 Å². The number of fused-ring (bicyclic) bond motifs is 1. The Morgan fingerprint density at radius 3 is 2.48 bits per heavy atom. The van der Waals surface area contributed by atoms with E-state index in [1.807, 2.05) is 19.9 Å². The molecule has 1 aromatic carbocycles. The van der Waals surface area contributed by atoms with Gasteiger partial charge in [-0.05, 0) is 37.6 Å². The molecule has 1 amide bonds. The van der Waals surface area contributed by atoms with Crippen LogP contribution >= 0.6 is 0 Å². The van der Waals surface area contributed by atoms with Gasteiger partial charge < -0.3 is 9.47 Å². The fourth-order valence-electron chi connectivity index (χ4n) is 2.24. The third-order valence-corrected chi connectivity index (χ3v) is 3.59. The fraction of sp³-hybridized carbons (Fsp3) is 0.250. The summed E-state index contributed by atoms with van der Waals surface area (Å²) in [4.78, 5) is 20.4. The molecule has 0 spiro atoms. The maximum absolute atomic E-state index is 12.1. The molecule has 2 aliphatic rings. The molecule has 0 saturated heterocycles. The molecule has 2 heterocycles. The molecule has 0 unspecified atom stereocenters. The Balaban J connectivity index is 1.99.